The van der Waals surface area contributed by atoms with E-state index in [0.717, 1.165) is 40.2 Å². The van der Waals surface area contributed by atoms with Crippen molar-refractivity contribution in [2.75, 3.05) is 33.5 Å². The van der Waals surface area contributed by atoms with Crippen molar-refractivity contribution in [1.29, 1.82) is 0 Å². The third-order valence-electron chi connectivity index (χ3n) is 15.8. The molecule has 0 saturated carbocycles. The maximum absolute atomic E-state index is 14.2. The molecular weight excluding hydrogens is 1410 g/mol. The first-order valence-corrected chi connectivity index (χ1v) is 42.3. The smallest absolute Gasteiger partial charge is 0.428 e. The number of rotatable bonds is 30. The van der Waals surface area contributed by atoms with Gasteiger partial charge in [0.25, 0.3) is 0 Å². The van der Waals surface area contributed by atoms with Crippen molar-refractivity contribution < 1.29 is 113 Å². The van der Waals surface area contributed by atoms with Crippen LogP contribution in [0.3, 0.4) is 0 Å². The van der Waals surface area contributed by atoms with E-state index < -0.39 is 152 Å². The largest absolute Gasteiger partial charge is 0.646 e. The normalized spacial score (nSPS) is 20.7. The number of aliphatic hydroxyl groups excluding tert-OH is 1. The Balaban J connectivity index is 0.000000244. The van der Waals surface area contributed by atoms with E-state index in [-0.39, 0.29) is 64.2 Å². The van der Waals surface area contributed by atoms with Crippen LogP contribution in [0.4, 0.5) is 0 Å². The van der Waals surface area contributed by atoms with Gasteiger partial charge in [0.2, 0.25) is 38.1 Å². The summed E-state index contributed by atoms with van der Waals surface area (Å²) < 4.78 is 72.7. The second kappa shape index (κ2) is 36.6. The molecule has 0 aliphatic carbocycles. The second-order valence-electron chi connectivity index (χ2n) is 25.9. The maximum Gasteiger partial charge on any atom is 0.646 e. The van der Waals surface area contributed by atoms with Crippen molar-refractivity contribution in [2.45, 2.75) is 148 Å². The highest BCUT2D eigenvalue weighted by atomic mass is 32.2. The SMILES string of the molecule is CC(=O)OCOC(=O)C1=C(OP(=O)(Oc2ccccc2)Oc2ccccc2)[C@H](C)[C@@H]2[C@@H]([C@@H](C)O[Si](C)(C)C)C(=O)N12.CC(=O)OCOC(=O)CN1C(=O)[C@H]([C@@H](C)O)[C@H]1[C@@H](C)C(=O)Sc1ccccc1.CC(=O)OCOC(=O)CN1C(=O)[C@H]([C@@H](C)O[Si](C)(C)C)[C@H]1[C@@H](C)C(=O)Sc1ccccc1. The minimum Gasteiger partial charge on any atom is -0.428 e. The van der Waals surface area contributed by atoms with Crippen molar-refractivity contribution in [3.05, 3.63) is 133 Å². The molecule has 0 aromatic heterocycles. The zero-order valence-electron chi connectivity index (χ0n) is 59.0. The van der Waals surface area contributed by atoms with E-state index in [4.69, 9.17) is 41.4 Å². The first-order valence-electron chi connectivity index (χ1n) is 32.3. The van der Waals surface area contributed by atoms with Crippen LogP contribution >= 0.6 is 31.3 Å². The quantitative estimate of drug-likeness (QED) is 0.00965. The van der Waals surface area contributed by atoms with Crippen LogP contribution in [0.2, 0.25) is 39.3 Å². The van der Waals surface area contributed by atoms with Crippen molar-refractivity contribution in [2.24, 2.45) is 35.5 Å². The lowest BCUT2D eigenvalue weighted by molar-refractivity contribution is -0.180. The predicted molar refractivity (Wildman–Crippen MR) is 372 cm³/mol. The molecule has 4 aromatic carbocycles. The number of benzene rings is 4. The molecule has 0 spiro atoms. The molecule has 32 heteroatoms. The van der Waals surface area contributed by atoms with Gasteiger partial charge in [0.1, 0.15) is 30.3 Å². The summed E-state index contributed by atoms with van der Waals surface area (Å²) >= 11 is 2.16. The summed E-state index contributed by atoms with van der Waals surface area (Å²) in [5.41, 5.74) is -0.260. The molecule has 0 radical (unpaired) electrons. The zero-order chi connectivity index (χ0) is 74.8. The molecule has 0 bridgehead atoms. The highest BCUT2D eigenvalue weighted by molar-refractivity contribution is 8.14. The average Bonchev–Trinajstić information content (AvgIpc) is 1.59. The molecule has 101 heavy (non-hydrogen) atoms. The summed E-state index contributed by atoms with van der Waals surface area (Å²) in [6, 6.07) is 33.3. The fourth-order valence-electron chi connectivity index (χ4n) is 11.6. The minimum atomic E-state index is -4.50. The van der Waals surface area contributed by atoms with Crippen LogP contribution in [0.5, 0.6) is 11.5 Å². The summed E-state index contributed by atoms with van der Waals surface area (Å²) in [6.07, 6.45) is -1.78. The number of ether oxygens (including phenoxy) is 6. The van der Waals surface area contributed by atoms with E-state index in [2.05, 4.69) is 9.47 Å². The molecule has 4 aromatic rings. The third kappa shape index (κ3) is 23.2. The molecule has 3 amide bonds. The van der Waals surface area contributed by atoms with E-state index in [9.17, 15) is 62.4 Å². The van der Waals surface area contributed by atoms with Crippen molar-refractivity contribution in [3.8, 4) is 11.5 Å². The minimum absolute atomic E-state index is 0.0998. The van der Waals surface area contributed by atoms with Gasteiger partial charge in [-0.1, -0.05) is 117 Å². The summed E-state index contributed by atoms with van der Waals surface area (Å²) in [7, 11) is -8.44. The van der Waals surface area contributed by atoms with Crippen molar-refractivity contribution in [3.63, 3.8) is 0 Å². The number of phosphoric ester groups is 1. The lowest BCUT2D eigenvalue weighted by Crippen LogP contribution is -2.69. The molecule has 12 atom stereocenters. The predicted octanol–water partition coefficient (Wildman–Crippen LogP) is 9.55. The van der Waals surface area contributed by atoms with Gasteiger partial charge >= 0.3 is 43.6 Å². The number of likely N-dealkylation sites (tertiary alicyclic amines) is 2. The number of β-lactam (4-membered cyclic amide) rings is 3. The van der Waals surface area contributed by atoms with Crippen LogP contribution in [0.1, 0.15) is 62.3 Å². The summed E-state index contributed by atoms with van der Waals surface area (Å²) in [5, 5.41) is 9.68. The van der Waals surface area contributed by atoms with Crippen LogP contribution in [-0.4, -0.2) is 170 Å². The molecule has 3 saturated heterocycles. The number of para-hydroxylation sites is 2. The molecule has 4 aliphatic heterocycles. The molecule has 1 N–H and O–H groups in total. The Bertz CT molecular complexity index is 3630. The van der Waals surface area contributed by atoms with Crippen LogP contribution in [-0.2, 0) is 99.1 Å². The number of phosphoric acid groups is 1. The van der Waals surface area contributed by atoms with Gasteiger partial charge in [-0.15, -0.1) is 0 Å². The number of carbonyl (C=O) groups excluding carboxylic acids is 11. The third-order valence-corrected chi connectivity index (χ3v) is 21.4. The summed E-state index contributed by atoms with van der Waals surface area (Å²) in [5.74, 6) is -8.69. The van der Waals surface area contributed by atoms with Gasteiger partial charge in [-0.05, 0) is 109 Å². The van der Waals surface area contributed by atoms with Gasteiger partial charge in [0.15, 0.2) is 32.6 Å². The van der Waals surface area contributed by atoms with E-state index in [1.54, 1.807) is 93.6 Å². The van der Waals surface area contributed by atoms with E-state index in [0.29, 0.717) is 0 Å². The highest BCUT2D eigenvalue weighted by Gasteiger charge is 2.63. The molecular formula is C69H88N3O24PS2Si2. The highest BCUT2D eigenvalue weighted by Crippen LogP contribution is 2.57. The van der Waals surface area contributed by atoms with Gasteiger partial charge in [-0.25, -0.2) is 4.79 Å². The first kappa shape index (κ1) is 81.8. The summed E-state index contributed by atoms with van der Waals surface area (Å²) in [4.78, 5) is 140. The van der Waals surface area contributed by atoms with Gasteiger partial charge in [-0.3, -0.25) is 52.8 Å². The molecule has 0 unspecified atom stereocenters. The van der Waals surface area contributed by atoms with E-state index in [1.807, 2.05) is 102 Å². The van der Waals surface area contributed by atoms with Crippen LogP contribution in [0, 0.1) is 35.5 Å². The Labute approximate surface area is 597 Å². The molecule has 3 fully saturated rings. The van der Waals surface area contributed by atoms with Gasteiger partial charge < -0.3 is 65.8 Å². The lowest BCUT2D eigenvalue weighted by Gasteiger charge is -2.51. The number of fused-ring (bicyclic) bond motifs is 1. The van der Waals surface area contributed by atoms with Crippen LogP contribution < -0.4 is 9.05 Å². The maximum atomic E-state index is 14.2. The Morgan fingerprint density at radius 2 is 0.851 bits per heavy atom. The average molecular weight is 1490 g/mol. The second-order valence-corrected chi connectivity index (χ2v) is 38.4. The topological polar surface area (TPSA) is 336 Å². The molecule has 4 aliphatic rings. The number of amides is 3. The van der Waals surface area contributed by atoms with Gasteiger partial charge in [0, 0.05) is 48.3 Å². The first-order chi connectivity index (χ1) is 47.4. The Morgan fingerprint density at radius 3 is 1.23 bits per heavy atom. The molecule has 27 nitrogen and oxygen atoms in total. The molecule has 8 rings (SSSR count). The van der Waals surface area contributed by atoms with Crippen molar-refractivity contribution >= 4 is 112 Å². The number of esters is 6. The Kier molecular flexibility index (Phi) is 29.7. The lowest BCUT2D eigenvalue weighted by atomic mass is 9.77. The summed E-state index contributed by atoms with van der Waals surface area (Å²) in [6.45, 7) is 23.6. The zero-order valence-corrected chi connectivity index (χ0v) is 63.5. The monoisotopic (exact) mass is 1490 g/mol. The number of nitrogens with zero attached hydrogens (tertiary/aromatic N) is 3. The van der Waals surface area contributed by atoms with Crippen molar-refractivity contribution in [1.82, 2.24) is 14.7 Å². The number of hydrogen-bond acceptors (Lipinski definition) is 26. The number of carbonyl (C=O) groups is 11. The van der Waals surface area contributed by atoms with Gasteiger partial charge in [-0.2, -0.15) is 4.57 Å². The fraction of sp³-hybridized carbons (Fsp3) is 0.464. The Morgan fingerprint density at radius 1 is 0.495 bits per heavy atom. The number of aliphatic hydroxyl groups is 1. The fourth-order valence-corrected chi connectivity index (χ4v) is 17.2. The standard InChI is InChI=1S/C28H34NO10PSi.C22H31NO7SSi.C19H23NO7S/c1-18-24-23(19(2)39-41(4,5)6)27(31)29(24)25(28(32)35-17-34-20(3)30)26(18)38-40(33,36-21-13-9-7-10-14-21)37-22-15-11-8-12-16-22;1-14(22(27)31-17-10-8-7-9-11-17)20-19(15(2)30-32(4,5)6)21(26)23(20)12-18(25)29-13-28-16(3)24;1-11(19(25)28-14-7-5-4-6-8-14)17-16(12(2)21)18(24)20(17)9-15(23)27-10-26-13(3)22/h7-16,18-19,23-24H,17H2,1-6H3;7-11,14-15,19-20H,12-13H2,1-6H3;4-8,11-12,16-17,21H,9-10H2,1-3H3/t18-,19-,23-,24-;14-,15-,19-,20-;11-,12-,16-,17-/m111/s1. The molecule has 4 heterocycles. The van der Waals surface area contributed by atoms with E-state index in [1.165, 1.54) is 35.5 Å². The van der Waals surface area contributed by atoms with Crippen LogP contribution in [0.15, 0.2) is 143 Å². The van der Waals surface area contributed by atoms with Gasteiger partial charge in [0.05, 0.1) is 54.2 Å². The Hall–Kier alpha value is -8.17. The molecule has 548 valence electrons. The van der Waals surface area contributed by atoms with Crippen LogP contribution in [0.25, 0.3) is 0 Å². The number of hydrogen-bond donors (Lipinski definition) is 1. The van der Waals surface area contributed by atoms with E-state index >= 15 is 0 Å². The number of thioether (sulfide) groups is 2.